The summed E-state index contributed by atoms with van der Waals surface area (Å²) in [6.45, 7) is 6.67. The Morgan fingerprint density at radius 2 is 2.32 bits per heavy atom. The monoisotopic (exact) mass is 261 g/mol. The van der Waals surface area contributed by atoms with Crippen molar-refractivity contribution in [3.8, 4) is 0 Å². The lowest BCUT2D eigenvalue weighted by Gasteiger charge is -2.38. The second-order valence-corrected chi connectivity index (χ2v) is 5.65. The first-order valence-electron chi connectivity index (χ1n) is 7.19. The Morgan fingerprint density at radius 3 is 2.89 bits per heavy atom. The van der Waals surface area contributed by atoms with Gasteiger partial charge < -0.3 is 4.74 Å². The fourth-order valence-corrected chi connectivity index (χ4v) is 3.05. The van der Waals surface area contributed by atoms with Gasteiger partial charge in [0.15, 0.2) is 5.78 Å². The molecule has 1 aliphatic rings. The summed E-state index contributed by atoms with van der Waals surface area (Å²) in [6, 6.07) is 3.75. The van der Waals surface area contributed by atoms with E-state index in [0.717, 1.165) is 25.0 Å². The van der Waals surface area contributed by atoms with E-state index < -0.39 is 5.60 Å². The number of aryl methyl sites for hydroxylation is 1. The van der Waals surface area contributed by atoms with E-state index in [-0.39, 0.29) is 5.78 Å². The van der Waals surface area contributed by atoms with Crippen LogP contribution in [-0.4, -0.2) is 23.0 Å². The number of ketones is 1. The Bertz CT molecular complexity index is 437. The maximum atomic E-state index is 12.8. The van der Waals surface area contributed by atoms with E-state index in [4.69, 9.17) is 4.74 Å². The average molecular weight is 261 g/mol. The SMILES string of the molecule is CCOC1(C(=O)c2ccc(C)nc2)CCCC(C)C1. The molecule has 0 saturated heterocycles. The van der Waals surface area contributed by atoms with Crippen molar-refractivity contribution in [3.05, 3.63) is 29.6 Å². The highest BCUT2D eigenvalue weighted by Gasteiger charge is 2.42. The van der Waals surface area contributed by atoms with Gasteiger partial charge >= 0.3 is 0 Å². The number of hydrogen-bond donors (Lipinski definition) is 0. The van der Waals surface area contributed by atoms with E-state index in [9.17, 15) is 4.79 Å². The van der Waals surface area contributed by atoms with Crippen LogP contribution >= 0.6 is 0 Å². The number of rotatable bonds is 4. The zero-order chi connectivity index (χ0) is 13.9. The molecular weight excluding hydrogens is 238 g/mol. The largest absolute Gasteiger partial charge is 0.367 e. The molecule has 0 amide bonds. The molecule has 2 rings (SSSR count). The molecule has 2 unspecified atom stereocenters. The molecule has 1 saturated carbocycles. The Morgan fingerprint density at radius 1 is 1.53 bits per heavy atom. The fourth-order valence-electron chi connectivity index (χ4n) is 3.05. The zero-order valence-electron chi connectivity index (χ0n) is 12.1. The molecule has 1 aromatic heterocycles. The maximum Gasteiger partial charge on any atom is 0.196 e. The quantitative estimate of drug-likeness (QED) is 0.778. The normalized spacial score (nSPS) is 27.2. The number of ether oxygens (including phenoxy) is 1. The number of Topliss-reactive ketones (excluding diaryl/α,β-unsaturated/α-hetero) is 1. The van der Waals surface area contributed by atoms with Gasteiger partial charge in [-0.2, -0.15) is 0 Å². The number of aromatic nitrogens is 1. The summed E-state index contributed by atoms with van der Waals surface area (Å²) in [5.41, 5.74) is 0.982. The van der Waals surface area contributed by atoms with Crippen LogP contribution in [0.1, 0.15) is 55.6 Å². The van der Waals surface area contributed by atoms with Crippen LogP contribution in [0.3, 0.4) is 0 Å². The third kappa shape index (κ3) is 3.03. The number of carbonyl (C=O) groups is 1. The van der Waals surface area contributed by atoms with Crippen LogP contribution in [0.25, 0.3) is 0 Å². The van der Waals surface area contributed by atoms with Gasteiger partial charge in [-0.05, 0) is 51.2 Å². The summed E-state index contributed by atoms with van der Waals surface area (Å²) in [4.78, 5) is 17.0. The van der Waals surface area contributed by atoms with Gasteiger partial charge in [0, 0.05) is 24.1 Å². The van der Waals surface area contributed by atoms with Gasteiger partial charge in [-0.15, -0.1) is 0 Å². The molecule has 0 N–H and O–H groups in total. The van der Waals surface area contributed by atoms with Crippen molar-refractivity contribution >= 4 is 5.78 Å². The number of hydrogen-bond acceptors (Lipinski definition) is 3. The third-order valence-electron chi connectivity index (χ3n) is 3.96. The van der Waals surface area contributed by atoms with Gasteiger partial charge in [0.1, 0.15) is 5.60 Å². The Hall–Kier alpha value is -1.22. The summed E-state index contributed by atoms with van der Waals surface area (Å²) in [7, 11) is 0. The minimum absolute atomic E-state index is 0.105. The first kappa shape index (κ1) is 14.2. The molecule has 0 spiro atoms. The van der Waals surface area contributed by atoms with Gasteiger partial charge in [0.25, 0.3) is 0 Å². The lowest BCUT2D eigenvalue weighted by atomic mass is 9.75. The van der Waals surface area contributed by atoms with Gasteiger partial charge in [-0.1, -0.05) is 13.3 Å². The minimum atomic E-state index is -0.622. The average Bonchev–Trinajstić information content (AvgIpc) is 2.39. The predicted molar refractivity (Wildman–Crippen MR) is 75.3 cm³/mol. The molecule has 2 atom stereocenters. The second kappa shape index (κ2) is 5.83. The highest BCUT2D eigenvalue weighted by atomic mass is 16.5. The Kier molecular flexibility index (Phi) is 4.35. The molecule has 0 bridgehead atoms. The molecule has 19 heavy (non-hydrogen) atoms. The van der Waals surface area contributed by atoms with Gasteiger partial charge in [0.2, 0.25) is 0 Å². The predicted octanol–water partition coefficient (Wildman–Crippen LogP) is 3.56. The molecule has 1 heterocycles. The van der Waals surface area contributed by atoms with Gasteiger partial charge in [-0.25, -0.2) is 0 Å². The molecule has 0 radical (unpaired) electrons. The fraction of sp³-hybridized carbons (Fsp3) is 0.625. The Balaban J connectivity index is 2.27. The molecule has 0 aromatic carbocycles. The van der Waals surface area contributed by atoms with E-state index in [0.29, 0.717) is 18.1 Å². The molecule has 1 aromatic rings. The lowest BCUT2D eigenvalue weighted by molar-refractivity contribution is -0.0511. The maximum absolute atomic E-state index is 12.8. The number of carbonyl (C=O) groups excluding carboxylic acids is 1. The van der Waals surface area contributed by atoms with Crippen molar-refractivity contribution in [1.29, 1.82) is 0 Å². The zero-order valence-corrected chi connectivity index (χ0v) is 12.1. The minimum Gasteiger partial charge on any atom is -0.367 e. The van der Waals surface area contributed by atoms with Crippen molar-refractivity contribution in [2.24, 2.45) is 5.92 Å². The number of nitrogens with zero attached hydrogens (tertiary/aromatic N) is 1. The molecule has 104 valence electrons. The van der Waals surface area contributed by atoms with Gasteiger partial charge in [0.05, 0.1) is 0 Å². The van der Waals surface area contributed by atoms with Crippen molar-refractivity contribution in [3.63, 3.8) is 0 Å². The summed E-state index contributed by atoms with van der Waals surface area (Å²) in [6.07, 6.45) is 5.59. The molecule has 1 aliphatic carbocycles. The van der Waals surface area contributed by atoms with E-state index in [2.05, 4.69) is 11.9 Å². The van der Waals surface area contributed by atoms with E-state index in [1.807, 2.05) is 26.0 Å². The standard InChI is InChI=1S/C16H23NO2/c1-4-19-16(9-5-6-12(2)10-16)15(18)14-8-7-13(3)17-11-14/h7-8,11-12H,4-6,9-10H2,1-3H3. The van der Waals surface area contributed by atoms with Crippen molar-refractivity contribution in [2.75, 3.05) is 6.61 Å². The molecular formula is C16H23NO2. The van der Waals surface area contributed by atoms with Crippen LogP contribution < -0.4 is 0 Å². The van der Waals surface area contributed by atoms with Crippen LogP contribution in [0.4, 0.5) is 0 Å². The first-order valence-corrected chi connectivity index (χ1v) is 7.19. The summed E-state index contributed by atoms with van der Waals surface area (Å²) in [5.74, 6) is 0.649. The number of pyridine rings is 1. The Labute approximate surface area is 115 Å². The molecule has 0 aliphatic heterocycles. The van der Waals surface area contributed by atoms with Crippen molar-refractivity contribution in [1.82, 2.24) is 4.98 Å². The first-order chi connectivity index (χ1) is 9.07. The highest BCUT2D eigenvalue weighted by Crippen LogP contribution is 2.37. The molecule has 1 fully saturated rings. The smallest absolute Gasteiger partial charge is 0.196 e. The van der Waals surface area contributed by atoms with Crippen molar-refractivity contribution < 1.29 is 9.53 Å². The van der Waals surface area contributed by atoms with Crippen LogP contribution in [0.5, 0.6) is 0 Å². The van der Waals surface area contributed by atoms with E-state index in [1.54, 1.807) is 6.20 Å². The molecule has 3 heteroatoms. The summed E-state index contributed by atoms with van der Waals surface area (Å²) < 4.78 is 5.91. The second-order valence-electron chi connectivity index (χ2n) is 5.65. The summed E-state index contributed by atoms with van der Waals surface area (Å²) >= 11 is 0. The van der Waals surface area contributed by atoms with Crippen LogP contribution in [-0.2, 0) is 4.74 Å². The van der Waals surface area contributed by atoms with Crippen molar-refractivity contribution in [2.45, 2.75) is 52.1 Å². The van der Waals surface area contributed by atoms with E-state index in [1.165, 1.54) is 6.42 Å². The summed E-state index contributed by atoms with van der Waals surface area (Å²) in [5, 5.41) is 0. The van der Waals surface area contributed by atoms with Gasteiger partial charge in [-0.3, -0.25) is 9.78 Å². The highest BCUT2D eigenvalue weighted by molar-refractivity contribution is 6.02. The molecule has 3 nitrogen and oxygen atoms in total. The topological polar surface area (TPSA) is 39.2 Å². The van der Waals surface area contributed by atoms with Crippen LogP contribution in [0.15, 0.2) is 18.3 Å². The van der Waals surface area contributed by atoms with E-state index >= 15 is 0 Å². The third-order valence-corrected chi connectivity index (χ3v) is 3.96. The van der Waals surface area contributed by atoms with Crippen LogP contribution in [0.2, 0.25) is 0 Å². The van der Waals surface area contributed by atoms with Crippen LogP contribution in [0, 0.1) is 12.8 Å². The lowest BCUT2D eigenvalue weighted by Crippen LogP contribution is -2.45.